The SMILES string of the molecule is CCOC(=O)C(C(=O)CSc1nnc(COc2ccc(Cl)cc2)n1Cc1ccco1)c1nc(C)cs1. The number of carbonyl (C=O) groups excluding carboxylic acids is 2. The lowest BCUT2D eigenvalue weighted by Gasteiger charge is -2.13. The molecule has 9 nitrogen and oxygen atoms in total. The lowest BCUT2D eigenvalue weighted by Crippen LogP contribution is -2.26. The van der Waals surface area contributed by atoms with Gasteiger partial charge in [-0.1, -0.05) is 23.4 Å². The summed E-state index contributed by atoms with van der Waals surface area (Å²) in [6, 6.07) is 10.6. The van der Waals surface area contributed by atoms with Crippen molar-refractivity contribution in [3.8, 4) is 5.75 Å². The number of thioether (sulfide) groups is 1. The minimum atomic E-state index is -1.08. The number of hydrogen-bond donors (Lipinski definition) is 0. The molecule has 1 unspecified atom stereocenters. The molecule has 36 heavy (non-hydrogen) atoms. The van der Waals surface area contributed by atoms with E-state index in [-0.39, 0.29) is 24.7 Å². The van der Waals surface area contributed by atoms with Crippen LogP contribution in [0.3, 0.4) is 0 Å². The molecule has 4 aromatic rings. The molecule has 1 atom stereocenters. The summed E-state index contributed by atoms with van der Waals surface area (Å²) in [6.07, 6.45) is 1.58. The second-order valence-corrected chi connectivity index (χ2v) is 9.84. The summed E-state index contributed by atoms with van der Waals surface area (Å²) >= 11 is 8.39. The van der Waals surface area contributed by atoms with Crippen molar-refractivity contribution in [1.82, 2.24) is 19.7 Å². The Bertz CT molecular complexity index is 1300. The summed E-state index contributed by atoms with van der Waals surface area (Å²) in [5.41, 5.74) is 0.744. The number of thiazole rings is 1. The highest BCUT2D eigenvalue weighted by Gasteiger charge is 2.33. The van der Waals surface area contributed by atoms with E-state index in [1.54, 1.807) is 48.9 Å². The predicted octanol–water partition coefficient (Wildman–Crippen LogP) is 4.92. The number of benzene rings is 1. The van der Waals surface area contributed by atoms with Gasteiger partial charge in [0, 0.05) is 16.1 Å². The van der Waals surface area contributed by atoms with Crippen molar-refractivity contribution in [3.63, 3.8) is 0 Å². The van der Waals surface area contributed by atoms with Crippen molar-refractivity contribution >= 4 is 46.5 Å². The van der Waals surface area contributed by atoms with Crippen molar-refractivity contribution in [3.05, 3.63) is 75.4 Å². The second kappa shape index (κ2) is 12.2. The Labute approximate surface area is 220 Å². The first-order valence-corrected chi connectivity index (χ1v) is 13.3. The van der Waals surface area contributed by atoms with Gasteiger partial charge in [-0.3, -0.25) is 14.2 Å². The zero-order chi connectivity index (χ0) is 25.5. The first-order chi connectivity index (χ1) is 17.4. The third-order valence-electron chi connectivity index (χ3n) is 4.94. The maximum atomic E-state index is 13.1. The fourth-order valence-corrected chi connectivity index (χ4v) is 5.14. The summed E-state index contributed by atoms with van der Waals surface area (Å²) in [7, 11) is 0. The normalized spacial score (nSPS) is 11.9. The maximum Gasteiger partial charge on any atom is 0.323 e. The van der Waals surface area contributed by atoms with E-state index in [9.17, 15) is 9.59 Å². The number of nitrogens with zero attached hydrogens (tertiary/aromatic N) is 4. The smallest absolute Gasteiger partial charge is 0.323 e. The molecule has 0 bridgehead atoms. The van der Waals surface area contributed by atoms with Crippen molar-refractivity contribution in [2.75, 3.05) is 12.4 Å². The van der Waals surface area contributed by atoms with Crippen LogP contribution in [0.1, 0.15) is 35.1 Å². The summed E-state index contributed by atoms with van der Waals surface area (Å²) in [5.74, 6) is -0.146. The molecule has 0 aliphatic heterocycles. The van der Waals surface area contributed by atoms with E-state index in [4.69, 9.17) is 25.5 Å². The number of esters is 1. The second-order valence-electron chi connectivity index (χ2n) is 7.57. The number of hydrogen-bond acceptors (Lipinski definition) is 10. The van der Waals surface area contributed by atoms with E-state index in [2.05, 4.69) is 15.2 Å². The zero-order valence-electron chi connectivity index (χ0n) is 19.5. The summed E-state index contributed by atoms with van der Waals surface area (Å²) < 4.78 is 18.3. The summed E-state index contributed by atoms with van der Waals surface area (Å²) in [6.45, 7) is 4.18. The van der Waals surface area contributed by atoms with Gasteiger partial charge in [-0.15, -0.1) is 21.5 Å². The lowest BCUT2D eigenvalue weighted by atomic mass is 10.1. The number of halogens is 1. The highest BCUT2D eigenvalue weighted by atomic mass is 35.5. The van der Waals surface area contributed by atoms with Crippen LogP contribution in [0, 0.1) is 6.92 Å². The van der Waals surface area contributed by atoms with Crippen LogP contribution in [0.2, 0.25) is 5.02 Å². The number of ether oxygens (including phenoxy) is 2. The van der Waals surface area contributed by atoms with E-state index in [0.29, 0.717) is 39.1 Å². The first kappa shape index (κ1) is 25.9. The van der Waals surface area contributed by atoms with E-state index in [1.807, 2.05) is 17.6 Å². The van der Waals surface area contributed by atoms with Crippen molar-refractivity contribution in [2.24, 2.45) is 0 Å². The van der Waals surface area contributed by atoms with Crippen molar-refractivity contribution in [2.45, 2.75) is 38.1 Å². The molecule has 0 fully saturated rings. The monoisotopic (exact) mass is 546 g/mol. The molecule has 4 rings (SSSR count). The Kier molecular flexibility index (Phi) is 8.79. The van der Waals surface area contributed by atoms with Crippen LogP contribution in [0.25, 0.3) is 0 Å². The molecule has 3 heterocycles. The van der Waals surface area contributed by atoms with Crippen LogP contribution in [0.4, 0.5) is 0 Å². The van der Waals surface area contributed by atoms with E-state index >= 15 is 0 Å². The third kappa shape index (κ3) is 6.54. The molecule has 188 valence electrons. The Morgan fingerprint density at radius 1 is 1.22 bits per heavy atom. The fourth-order valence-electron chi connectivity index (χ4n) is 3.25. The minimum absolute atomic E-state index is 0.0174. The predicted molar refractivity (Wildman–Crippen MR) is 136 cm³/mol. The van der Waals surface area contributed by atoms with E-state index < -0.39 is 11.9 Å². The van der Waals surface area contributed by atoms with Gasteiger partial charge in [0.25, 0.3) is 0 Å². The largest absolute Gasteiger partial charge is 0.486 e. The average Bonchev–Trinajstić information content (AvgIpc) is 3.61. The van der Waals surface area contributed by atoms with Crippen LogP contribution in [0.5, 0.6) is 5.75 Å². The van der Waals surface area contributed by atoms with Gasteiger partial charge in [0.2, 0.25) is 0 Å². The molecule has 0 aliphatic rings. The number of Topliss-reactive ketones (excluding diaryl/α,β-unsaturated/α-hetero) is 1. The van der Waals surface area contributed by atoms with Gasteiger partial charge in [0.05, 0.1) is 25.2 Å². The van der Waals surface area contributed by atoms with Gasteiger partial charge in [0.15, 0.2) is 22.7 Å². The van der Waals surface area contributed by atoms with Gasteiger partial charge in [-0.05, 0) is 50.2 Å². The summed E-state index contributed by atoms with van der Waals surface area (Å²) in [4.78, 5) is 30.1. The molecule has 0 saturated carbocycles. The Morgan fingerprint density at radius 2 is 2.03 bits per heavy atom. The van der Waals surface area contributed by atoms with E-state index in [1.165, 1.54) is 23.1 Å². The molecule has 0 spiro atoms. The maximum absolute atomic E-state index is 13.1. The first-order valence-electron chi connectivity index (χ1n) is 11.0. The zero-order valence-corrected chi connectivity index (χ0v) is 21.9. The Morgan fingerprint density at radius 3 is 2.69 bits per heavy atom. The molecular formula is C24H23ClN4O5S2. The molecule has 12 heteroatoms. The number of aromatic nitrogens is 4. The molecule has 0 saturated heterocycles. The van der Waals surface area contributed by atoms with Crippen molar-refractivity contribution in [1.29, 1.82) is 0 Å². The van der Waals surface area contributed by atoms with Gasteiger partial charge in [-0.2, -0.15) is 0 Å². The fraction of sp³-hybridized carbons (Fsp3) is 0.292. The van der Waals surface area contributed by atoms with Crippen LogP contribution in [-0.4, -0.2) is 43.9 Å². The van der Waals surface area contributed by atoms with E-state index in [0.717, 1.165) is 5.69 Å². The number of aryl methyl sites for hydroxylation is 1. The highest BCUT2D eigenvalue weighted by molar-refractivity contribution is 7.99. The topological polar surface area (TPSA) is 109 Å². The number of rotatable bonds is 12. The molecule has 1 aromatic carbocycles. The minimum Gasteiger partial charge on any atom is -0.486 e. The molecule has 0 aliphatic carbocycles. The quantitative estimate of drug-likeness (QED) is 0.139. The van der Waals surface area contributed by atoms with Gasteiger partial charge in [0.1, 0.15) is 23.1 Å². The van der Waals surface area contributed by atoms with Crippen LogP contribution in [0.15, 0.2) is 57.6 Å². The molecule has 0 amide bonds. The standard InChI is InChI=1S/C24H23ClN4O5S2/c1-3-32-23(31)21(22-26-15(2)13-35-22)19(30)14-36-24-28-27-20(29(24)11-18-5-4-10-33-18)12-34-17-8-6-16(25)7-9-17/h4-10,13,21H,3,11-12,14H2,1-2H3. The number of ketones is 1. The summed E-state index contributed by atoms with van der Waals surface area (Å²) in [5, 5.41) is 11.9. The average molecular weight is 547 g/mol. The number of carbonyl (C=O) groups is 2. The van der Waals surface area contributed by atoms with Crippen LogP contribution in [-0.2, 0) is 27.5 Å². The third-order valence-corrected chi connectivity index (χ3v) is 7.21. The van der Waals surface area contributed by atoms with Crippen LogP contribution < -0.4 is 4.74 Å². The molecule has 0 N–H and O–H groups in total. The van der Waals surface area contributed by atoms with Crippen LogP contribution >= 0.6 is 34.7 Å². The Balaban J connectivity index is 1.51. The molecular weight excluding hydrogens is 524 g/mol. The number of furan rings is 1. The van der Waals surface area contributed by atoms with Crippen molar-refractivity contribution < 1.29 is 23.5 Å². The molecule has 0 radical (unpaired) electrons. The molecule has 3 aromatic heterocycles. The highest BCUT2D eigenvalue weighted by Crippen LogP contribution is 2.27. The Hall–Kier alpha value is -3.15. The van der Waals surface area contributed by atoms with Gasteiger partial charge >= 0.3 is 5.97 Å². The van der Waals surface area contributed by atoms with Gasteiger partial charge < -0.3 is 13.9 Å². The lowest BCUT2D eigenvalue weighted by molar-refractivity contribution is -0.147. The van der Waals surface area contributed by atoms with Gasteiger partial charge in [-0.25, -0.2) is 4.98 Å².